The van der Waals surface area contributed by atoms with Gasteiger partial charge in [-0.05, 0) is 6.07 Å². The summed E-state index contributed by atoms with van der Waals surface area (Å²) in [5.74, 6) is -0.0160. The third kappa shape index (κ3) is 2.60. The van der Waals surface area contributed by atoms with Crippen LogP contribution in [0.3, 0.4) is 0 Å². The summed E-state index contributed by atoms with van der Waals surface area (Å²) in [6.45, 7) is 0.226. The highest BCUT2D eigenvalue weighted by atomic mass is 35.5. The molecule has 5 N–H and O–H groups in total. The van der Waals surface area contributed by atoms with Crippen LogP contribution in [0.5, 0.6) is 0 Å². The first-order valence-corrected chi connectivity index (χ1v) is 5.51. The summed E-state index contributed by atoms with van der Waals surface area (Å²) in [7, 11) is 0. The number of hydrogen-bond donors (Lipinski definition) is 3. The molecule has 1 aromatic carbocycles. The van der Waals surface area contributed by atoms with Gasteiger partial charge in [0, 0.05) is 12.1 Å². The molecule has 18 heavy (non-hydrogen) atoms. The van der Waals surface area contributed by atoms with E-state index >= 15 is 0 Å². The Kier molecular flexibility index (Phi) is 3.47. The summed E-state index contributed by atoms with van der Waals surface area (Å²) < 4.78 is 13.4. The Bertz CT molecular complexity index is 575. The van der Waals surface area contributed by atoms with Crippen molar-refractivity contribution < 1.29 is 4.39 Å². The molecular weight excluding hydrogens is 257 g/mol. The zero-order chi connectivity index (χ0) is 13.1. The summed E-state index contributed by atoms with van der Waals surface area (Å²) in [6, 6.07) is 6.39. The topological polar surface area (TPSA) is 89.8 Å². The number of halogens is 2. The first kappa shape index (κ1) is 12.4. The number of benzene rings is 1. The van der Waals surface area contributed by atoms with E-state index in [2.05, 4.69) is 15.3 Å². The van der Waals surface area contributed by atoms with Gasteiger partial charge in [-0.25, -0.2) is 4.39 Å². The van der Waals surface area contributed by atoms with E-state index in [1.165, 1.54) is 6.07 Å². The third-order valence-electron chi connectivity index (χ3n) is 2.32. The molecule has 0 aliphatic rings. The number of nitrogens with one attached hydrogen (secondary N) is 1. The van der Waals surface area contributed by atoms with Crippen LogP contribution in [0.25, 0.3) is 0 Å². The van der Waals surface area contributed by atoms with Crippen molar-refractivity contribution in [3.05, 3.63) is 40.8 Å². The Labute approximate surface area is 108 Å². The van der Waals surface area contributed by atoms with Crippen LogP contribution >= 0.6 is 11.6 Å². The Hall–Kier alpha value is -2.08. The lowest BCUT2D eigenvalue weighted by molar-refractivity contribution is 0.613. The lowest BCUT2D eigenvalue weighted by atomic mass is 10.2. The van der Waals surface area contributed by atoms with E-state index in [4.69, 9.17) is 23.1 Å². The maximum Gasteiger partial charge on any atom is 0.223 e. The SMILES string of the molecule is Nc1nc(Cl)c(N)c(NCc2ccccc2F)n1. The minimum Gasteiger partial charge on any atom is -0.393 e. The van der Waals surface area contributed by atoms with E-state index in [1.807, 2.05) is 0 Å². The number of hydrogen-bond acceptors (Lipinski definition) is 5. The van der Waals surface area contributed by atoms with Crippen LogP contribution in [0.4, 0.5) is 21.8 Å². The predicted octanol–water partition coefficient (Wildman–Crippen LogP) is 2.05. The Morgan fingerprint density at radius 3 is 2.67 bits per heavy atom. The zero-order valence-corrected chi connectivity index (χ0v) is 10.1. The average Bonchev–Trinajstić information content (AvgIpc) is 2.33. The van der Waals surface area contributed by atoms with Gasteiger partial charge in [-0.1, -0.05) is 29.8 Å². The molecule has 2 rings (SSSR count). The fraction of sp³-hybridized carbons (Fsp3) is 0.0909. The molecule has 0 atom stereocenters. The van der Waals surface area contributed by atoms with Crippen LogP contribution in [0.1, 0.15) is 5.56 Å². The van der Waals surface area contributed by atoms with Gasteiger partial charge in [0.15, 0.2) is 11.0 Å². The second-order valence-corrected chi connectivity index (χ2v) is 3.94. The van der Waals surface area contributed by atoms with Gasteiger partial charge in [0.2, 0.25) is 5.95 Å². The van der Waals surface area contributed by atoms with Gasteiger partial charge in [-0.15, -0.1) is 0 Å². The van der Waals surface area contributed by atoms with E-state index in [0.717, 1.165) is 0 Å². The Morgan fingerprint density at radius 2 is 1.94 bits per heavy atom. The van der Waals surface area contributed by atoms with Gasteiger partial charge in [0.05, 0.1) is 0 Å². The van der Waals surface area contributed by atoms with Crippen LogP contribution in [-0.2, 0) is 6.54 Å². The second-order valence-electron chi connectivity index (χ2n) is 3.58. The standard InChI is InChI=1S/C11H11ClFN5/c12-9-8(14)10(18-11(15)17-9)16-5-6-3-1-2-4-7(6)13/h1-4H,5,14H2,(H3,15,16,17,18). The molecule has 7 heteroatoms. The molecule has 1 heterocycles. The van der Waals surface area contributed by atoms with E-state index in [1.54, 1.807) is 18.2 Å². The maximum atomic E-state index is 13.4. The fourth-order valence-electron chi connectivity index (χ4n) is 1.41. The lowest BCUT2D eigenvalue weighted by Crippen LogP contribution is -2.09. The molecule has 0 aliphatic heterocycles. The molecule has 0 fully saturated rings. The minimum atomic E-state index is -0.309. The van der Waals surface area contributed by atoms with Gasteiger partial charge >= 0.3 is 0 Å². The van der Waals surface area contributed by atoms with Crippen LogP contribution < -0.4 is 16.8 Å². The quantitative estimate of drug-likeness (QED) is 0.741. The fourth-order valence-corrected chi connectivity index (χ4v) is 1.59. The highest BCUT2D eigenvalue weighted by Gasteiger charge is 2.09. The van der Waals surface area contributed by atoms with Crippen molar-refractivity contribution in [2.45, 2.75) is 6.54 Å². The van der Waals surface area contributed by atoms with Gasteiger partial charge < -0.3 is 16.8 Å². The van der Waals surface area contributed by atoms with Gasteiger partial charge in [-0.2, -0.15) is 9.97 Å². The number of nitrogens with zero attached hydrogens (tertiary/aromatic N) is 2. The minimum absolute atomic E-state index is 0.00485. The van der Waals surface area contributed by atoms with E-state index < -0.39 is 0 Å². The Morgan fingerprint density at radius 1 is 1.22 bits per heavy atom. The molecule has 0 spiro atoms. The van der Waals surface area contributed by atoms with Crippen molar-refractivity contribution in [2.75, 3.05) is 16.8 Å². The third-order valence-corrected chi connectivity index (χ3v) is 2.61. The average molecular weight is 268 g/mol. The molecule has 2 aromatic rings. The first-order valence-electron chi connectivity index (χ1n) is 5.13. The number of anilines is 3. The number of rotatable bonds is 3. The normalized spacial score (nSPS) is 10.3. The highest BCUT2D eigenvalue weighted by molar-refractivity contribution is 6.32. The summed E-state index contributed by atoms with van der Waals surface area (Å²) in [5, 5.41) is 2.94. The largest absolute Gasteiger partial charge is 0.393 e. The summed E-state index contributed by atoms with van der Waals surface area (Å²) >= 11 is 5.76. The van der Waals surface area contributed by atoms with Crippen molar-refractivity contribution in [3.8, 4) is 0 Å². The lowest BCUT2D eigenvalue weighted by Gasteiger charge is -2.10. The molecule has 0 bridgehead atoms. The number of nitrogen functional groups attached to an aromatic ring is 2. The maximum absolute atomic E-state index is 13.4. The molecule has 0 unspecified atom stereocenters. The number of nitrogens with two attached hydrogens (primary N) is 2. The van der Waals surface area contributed by atoms with Crippen molar-refractivity contribution >= 4 is 29.1 Å². The highest BCUT2D eigenvalue weighted by Crippen LogP contribution is 2.24. The molecule has 0 saturated heterocycles. The molecule has 0 radical (unpaired) electrons. The van der Waals surface area contributed by atoms with Gasteiger partial charge in [-0.3, -0.25) is 0 Å². The summed E-state index contributed by atoms with van der Waals surface area (Å²) in [5.41, 5.74) is 11.8. The molecule has 94 valence electrons. The van der Waals surface area contributed by atoms with Crippen LogP contribution in [0.15, 0.2) is 24.3 Å². The molecule has 5 nitrogen and oxygen atoms in total. The number of aromatic nitrogens is 2. The molecular formula is C11H11ClFN5. The molecule has 1 aromatic heterocycles. The van der Waals surface area contributed by atoms with Crippen LogP contribution in [0.2, 0.25) is 5.15 Å². The van der Waals surface area contributed by atoms with Gasteiger partial charge in [0.1, 0.15) is 11.5 Å². The Balaban J connectivity index is 2.18. The molecule has 0 amide bonds. The van der Waals surface area contributed by atoms with Crippen LogP contribution in [0, 0.1) is 5.82 Å². The van der Waals surface area contributed by atoms with Crippen LogP contribution in [-0.4, -0.2) is 9.97 Å². The van der Waals surface area contributed by atoms with Crippen molar-refractivity contribution in [1.29, 1.82) is 0 Å². The van der Waals surface area contributed by atoms with Gasteiger partial charge in [0.25, 0.3) is 0 Å². The van der Waals surface area contributed by atoms with Crippen molar-refractivity contribution in [2.24, 2.45) is 0 Å². The predicted molar refractivity (Wildman–Crippen MR) is 69.6 cm³/mol. The van der Waals surface area contributed by atoms with E-state index in [9.17, 15) is 4.39 Å². The second kappa shape index (κ2) is 5.05. The van der Waals surface area contributed by atoms with Crippen molar-refractivity contribution in [3.63, 3.8) is 0 Å². The van der Waals surface area contributed by atoms with E-state index in [-0.39, 0.29) is 35.0 Å². The summed E-state index contributed by atoms with van der Waals surface area (Å²) in [4.78, 5) is 7.60. The van der Waals surface area contributed by atoms with E-state index in [0.29, 0.717) is 5.56 Å². The van der Waals surface area contributed by atoms with Crippen molar-refractivity contribution in [1.82, 2.24) is 9.97 Å². The zero-order valence-electron chi connectivity index (χ0n) is 9.32. The monoisotopic (exact) mass is 267 g/mol. The molecule has 0 saturated carbocycles. The first-order chi connectivity index (χ1) is 8.58. The molecule has 0 aliphatic carbocycles. The smallest absolute Gasteiger partial charge is 0.223 e. The summed E-state index contributed by atoms with van der Waals surface area (Å²) in [6.07, 6.45) is 0.